The number of aromatic nitrogens is 1. The minimum atomic E-state index is -0.187. The van der Waals surface area contributed by atoms with Crippen molar-refractivity contribution in [3.8, 4) is 0 Å². The molecule has 0 saturated heterocycles. The summed E-state index contributed by atoms with van der Waals surface area (Å²) < 4.78 is 0. The molecular weight excluding hydrogens is 168 g/mol. The average molecular weight is 180 g/mol. The Morgan fingerprint density at radius 3 is 2.85 bits per heavy atom. The highest BCUT2D eigenvalue weighted by Crippen LogP contribution is 2.07. The Bertz CT molecular complexity index is 312. The third-order valence-electron chi connectivity index (χ3n) is 1.83. The molecule has 0 saturated carbocycles. The minimum Gasteiger partial charge on any atom is -0.274 e. The number of amides is 1. The van der Waals surface area contributed by atoms with Gasteiger partial charge in [0.05, 0.1) is 12.7 Å². The van der Waals surface area contributed by atoms with E-state index in [0.29, 0.717) is 5.56 Å². The Kier molecular flexibility index (Phi) is 2.97. The molecular formula is C9H12N2O2. The van der Waals surface area contributed by atoms with Crippen LogP contribution in [0.5, 0.6) is 0 Å². The van der Waals surface area contributed by atoms with Crippen molar-refractivity contribution >= 4 is 5.91 Å². The molecule has 0 aromatic carbocycles. The molecule has 0 fully saturated rings. The van der Waals surface area contributed by atoms with Gasteiger partial charge in [0.2, 0.25) is 0 Å². The van der Waals surface area contributed by atoms with Gasteiger partial charge >= 0.3 is 0 Å². The lowest BCUT2D eigenvalue weighted by molar-refractivity contribution is -0.0757. The quantitative estimate of drug-likeness (QED) is 0.638. The van der Waals surface area contributed by atoms with Crippen molar-refractivity contribution in [2.24, 2.45) is 0 Å². The fourth-order valence-corrected chi connectivity index (χ4v) is 0.940. The second-order valence-electron chi connectivity index (χ2n) is 2.68. The molecule has 0 aliphatic heterocycles. The highest BCUT2D eigenvalue weighted by atomic mass is 16.7. The van der Waals surface area contributed by atoms with E-state index in [9.17, 15) is 4.79 Å². The van der Waals surface area contributed by atoms with E-state index in [0.717, 1.165) is 5.56 Å². The summed E-state index contributed by atoms with van der Waals surface area (Å²) in [6.07, 6.45) is 3.19. The number of carbonyl (C=O) groups is 1. The van der Waals surface area contributed by atoms with Crippen molar-refractivity contribution in [3.63, 3.8) is 0 Å². The van der Waals surface area contributed by atoms with E-state index in [1.807, 2.05) is 6.92 Å². The standard InChI is InChI=1S/C9H12N2O2/c1-7-4-5-10-6-8(7)9(12)11(2)13-3/h4-6H,1-3H3. The van der Waals surface area contributed by atoms with Gasteiger partial charge in [0.25, 0.3) is 5.91 Å². The summed E-state index contributed by atoms with van der Waals surface area (Å²) in [7, 11) is 3.01. The number of hydrogen-bond donors (Lipinski definition) is 0. The van der Waals surface area contributed by atoms with Gasteiger partial charge in [-0.05, 0) is 18.6 Å². The molecule has 1 aromatic heterocycles. The van der Waals surface area contributed by atoms with Crippen LogP contribution in [0.4, 0.5) is 0 Å². The van der Waals surface area contributed by atoms with Crippen LogP contribution in [-0.2, 0) is 4.84 Å². The van der Waals surface area contributed by atoms with E-state index < -0.39 is 0 Å². The number of hydroxylamine groups is 2. The molecule has 4 heteroatoms. The molecule has 1 heterocycles. The molecule has 0 unspecified atom stereocenters. The summed E-state index contributed by atoms with van der Waals surface area (Å²) in [6.45, 7) is 1.86. The Balaban J connectivity index is 2.95. The van der Waals surface area contributed by atoms with E-state index in [1.54, 1.807) is 19.3 Å². The van der Waals surface area contributed by atoms with Gasteiger partial charge in [-0.3, -0.25) is 14.6 Å². The van der Waals surface area contributed by atoms with Gasteiger partial charge in [0.1, 0.15) is 0 Å². The van der Waals surface area contributed by atoms with Gasteiger partial charge in [-0.1, -0.05) is 0 Å². The summed E-state index contributed by atoms with van der Waals surface area (Å²) in [5.74, 6) is -0.187. The zero-order chi connectivity index (χ0) is 9.84. The smallest absolute Gasteiger partial charge is 0.274 e. The van der Waals surface area contributed by atoms with Gasteiger partial charge in [0.15, 0.2) is 0 Å². The maximum atomic E-state index is 11.6. The van der Waals surface area contributed by atoms with Crippen molar-refractivity contribution in [2.45, 2.75) is 6.92 Å². The van der Waals surface area contributed by atoms with Crippen LogP contribution >= 0.6 is 0 Å². The Morgan fingerprint density at radius 2 is 2.31 bits per heavy atom. The monoisotopic (exact) mass is 180 g/mol. The first kappa shape index (κ1) is 9.67. The zero-order valence-corrected chi connectivity index (χ0v) is 7.94. The fourth-order valence-electron chi connectivity index (χ4n) is 0.940. The summed E-state index contributed by atoms with van der Waals surface area (Å²) >= 11 is 0. The lowest BCUT2D eigenvalue weighted by atomic mass is 10.1. The number of rotatable bonds is 2. The Labute approximate surface area is 77.1 Å². The number of pyridine rings is 1. The molecule has 0 bridgehead atoms. The van der Waals surface area contributed by atoms with Gasteiger partial charge in [-0.2, -0.15) is 0 Å². The normalized spacial score (nSPS) is 9.77. The third-order valence-corrected chi connectivity index (χ3v) is 1.83. The molecule has 1 rings (SSSR count). The van der Waals surface area contributed by atoms with Crippen LogP contribution in [0.3, 0.4) is 0 Å². The number of hydrogen-bond acceptors (Lipinski definition) is 3. The third kappa shape index (κ3) is 2.03. The molecule has 1 amide bonds. The molecule has 0 aliphatic rings. The molecule has 0 aliphatic carbocycles. The van der Waals surface area contributed by atoms with Gasteiger partial charge in [-0.25, -0.2) is 5.06 Å². The van der Waals surface area contributed by atoms with Crippen molar-refractivity contribution in [2.75, 3.05) is 14.2 Å². The highest BCUT2D eigenvalue weighted by Gasteiger charge is 2.13. The predicted molar refractivity (Wildman–Crippen MR) is 48.1 cm³/mol. The highest BCUT2D eigenvalue weighted by molar-refractivity contribution is 5.94. The van der Waals surface area contributed by atoms with Crippen LogP contribution in [0.1, 0.15) is 15.9 Å². The molecule has 1 aromatic rings. The average Bonchev–Trinajstić information content (AvgIpc) is 2.16. The first-order chi connectivity index (χ1) is 6.16. The molecule has 0 radical (unpaired) electrons. The largest absolute Gasteiger partial charge is 0.278 e. The van der Waals surface area contributed by atoms with E-state index >= 15 is 0 Å². The first-order valence-corrected chi connectivity index (χ1v) is 3.89. The Morgan fingerprint density at radius 1 is 1.62 bits per heavy atom. The second-order valence-corrected chi connectivity index (χ2v) is 2.68. The maximum absolute atomic E-state index is 11.6. The van der Waals surface area contributed by atoms with Crippen LogP contribution in [0, 0.1) is 6.92 Å². The summed E-state index contributed by atoms with van der Waals surface area (Å²) in [6, 6.07) is 1.79. The summed E-state index contributed by atoms with van der Waals surface area (Å²) in [4.78, 5) is 20.2. The SMILES string of the molecule is CON(C)C(=O)c1cnccc1C. The molecule has 70 valence electrons. The van der Waals surface area contributed by atoms with Crippen molar-refractivity contribution in [3.05, 3.63) is 29.6 Å². The number of carbonyl (C=O) groups excluding carboxylic acids is 1. The predicted octanol–water partition coefficient (Wildman–Crippen LogP) is 1.02. The van der Waals surface area contributed by atoms with Crippen molar-refractivity contribution in [1.29, 1.82) is 0 Å². The van der Waals surface area contributed by atoms with Crippen LogP contribution in [0.15, 0.2) is 18.5 Å². The van der Waals surface area contributed by atoms with E-state index in [4.69, 9.17) is 4.84 Å². The second kappa shape index (κ2) is 4.00. The maximum Gasteiger partial charge on any atom is 0.278 e. The molecule has 0 N–H and O–H groups in total. The van der Waals surface area contributed by atoms with Gasteiger partial charge < -0.3 is 0 Å². The summed E-state index contributed by atoms with van der Waals surface area (Å²) in [5, 5.41) is 1.17. The van der Waals surface area contributed by atoms with Crippen LogP contribution in [0.2, 0.25) is 0 Å². The van der Waals surface area contributed by atoms with E-state index in [-0.39, 0.29) is 5.91 Å². The molecule has 0 spiro atoms. The van der Waals surface area contributed by atoms with Gasteiger partial charge in [0, 0.05) is 19.4 Å². The minimum absolute atomic E-state index is 0.187. The Hall–Kier alpha value is -1.42. The van der Waals surface area contributed by atoms with Crippen LogP contribution in [0.25, 0.3) is 0 Å². The molecule has 13 heavy (non-hydrogen) atoms. The van der Waals surface area contributed by atoms with E-state index in [2.05, 4.69) is 4.98 Å². The van der Waals surface area contributed by atoms with Gasteiger partial charge in [-0.15, -0.1) is 0 Å². The zero-order valence-electron chi connectivity index (χ0n) is 7.94. The lowest BCUT2D eigenvalue weighted by Gasteiger charge is -2.14. The van der Waals surface area contributed by atoms with Crippen LogP contribution in [-0.4, -0.2) is 30.1 Å². The van der Waals surface area contributed by atoms with Crippen LogP contribution < -0.4 is 0 Å². The first-order valence-electron chi connectivity index (χ1n) is 3.89. The van der Waals surface area contributed by atoms with Crippen molar-refractivity contribution in [1.82, 2.24) is 10.0 Å². The molecule has 4 nitrogen and oxygen atoms in total. The number of nitrogens with zero attached hydrogens (tertiary/aromatic N) is 2. The lowest BCUT2D eigenvalue weighted by Crippen LogP contribution is -2.26. The number of aryl methyl sites for hydroxylation is 1. The molecule has 0 atom stereocenters. The van der Waals surface area contributed by atoms with E-state index in [1.165, 1.54) is 18.4 Å². The fraction of sp³-hybridized carbons (Fsp3) is 0.333. The summed E-state index contributed by atoms with van der Waals surface area (Å²) in [5.41, 5.74) is 1.45. The van der Waals surface area contributed by atoms with Crippen molar-refractivity contribution < 1.29 is 9.63 Å². The topological polar surface area (TPSA) is 42.4 Å².